The molecular formula is C14H15N5O2. The zero-order valence-corrected chi connectivity index (χ0v) is 11.7. The molecule has 108 valence electrons. The van der Waals surface area contributed by atoms with Crippen LogP contribution < -0.4 is 5.32 Å². The van der Waals surface area contributed by atoms with Gasteiger partial charge >= 0.3 is 0 Å². The average molecular weight is 285 g/mol. The Morgan fingerprint density at radius 2 is 2.33 bits per heavy atom. The molecule has 0 aliphatic carbocycles. The maximum absolute atomic E-state index is 12.1. The lowest BCUT2D eigenvalue weighted by atomic mass is 10.2. The molecule has 2 N–H and O–H groups in total. The smallest absolute Gasteiger partial charge is 0.270 e. The Labute approximate surface area is 122 Å². The normalized spacial score (nSPS) is 11.4. The van der Waals surface area contributed by atoms with Gasteiger partial charge in [-0.25, -0.2) is 4.98 Å². The van der Waals surface area contributed by atoms with Crippen molar-refractivity contribution in [2.24, 2.45) is 7.05 Å². The second-order valence-electron chi connectivity index (χ2n) is 4.39. The van der Waals surface area contributed by atoms with Gasteiger partial charge in [0.05, 0.1) is 6.04 Å². The number of hydrogen-bond donors (Lipinski definition) is 2. The van der Waals surface area contributed by atoms with Crippen molar-refractivity contribution in [2.75, 3.05) is 6.61 Å². The quantitative estimate of drug-likeness (QED) is 0.777. The topological polar surface area (TPSA) is 92.9 Å². The minimum atomic E-state index is -0.299. The molecule has 2 aromatic rings. The molecule has 0 aliphatic heterocycles. The first-order chi connectivity index (χ1) is 10.1. The molecule has 0 saturated heterocycles. The van der Waals surface area contributed by atoms with E-state index >= 15 is 0 Å². The van der Waals surface area contributed by atoms with E-state index in [4.69, 9.17) is 5.11 Å². The van der Waals surface area contributed by atoms with Crippen LogP contribution in [-0.4, -0.2) is 37.4 Å². The van der Waals surface area contributed by atoms with Crippen LogP contribution in [-0.2, 0) is 7.05 Å². The zero-order chi connectivity index (χ0) is 15.2. The van der Waals surface area contributed by atoms with Crippen molar-refractivity contribution in [1.82, 2.24) is 25.1 Å². The fraction of sp³-hybridized carbons (Fsp3) is 0.286. The van der Waals surface area contributed by atoms with Crippen molar-refractivity contribution >= 4 is 5.91 Å². The maximum atomic E-state index is 12.1. The molecule has 0 bridgehead atoms. The van der Waals surface area contributed by atoms with E-state index in [9.17, 15) is 4.79 Å². The monoisotopic (exact) mass is 285 g/mol. The molecule has 1 atom stereocenters. The van der Waals surface area contributed by atoms with Crippen molar-refractivity contribution in [3.8, 4) is 11.8 Å². The number of carbonyl (C=O) groups is 1. The zero-order valence-electron chi connectivity index (χ0n) is 11.7. The minimum absolute atomic E-state index is 0.211. The Bertz CT molecular complexity index is 681. The fourth-order valence-corrected chi connectivity index (χ4v) is 1.76. The second-order valence-corrected chi connectivity index (χ2v) is 4.39. The van der Waals surface area contributed by atoms with Gasteiger partial charge in [-0.1, -0.05) is 11.8 Å². The van der Waals surface area contributed by atoms with Gasteiger partial charge < -0.3 is 15.0 Å². The van der Waals surface area contributed by atoms with Gasteiger partial charge in [0.25, 0.3) is 5.91 Å². The van der Waals surface area contributed by atoms with Crippen molar-refractivity contribution in [2.45, 2.75) is 13.0 Å². The van der Waals surface area contributed by atoms with Gasteiger partial charge in [-0.05, 0) is 19.1 Å². The fourth-order valence-electron chi connectivity index (χ4n) is 1.76. The van der Waals surface area contributed by atoms with E-state index in [1.165, 1.54) is 6.20 Å². The third-order valence-corrected chi connectivity index (χ3v) is 2.79. The molecule has 7 nitrogen and oxygen atoms in total. The summed E-state index contributed by atoms with van der Waals surface area (Å²) < 4.78 is 1.74. The summed E-state index contributed by atoms with van der Waals surface area (Å²) in [5.41, 5.74) is 0.931. The molecule has 1 amide bonds. The summed E-state index contributed by atoms with van der Waals surface area (Å²) in [6.07, 6.45) is 3.06. The standard InChI is InChI=1S/C14H15N5O2/c1-10(13-18-16-9-19(13)2)17-14(21)12-6-5-11(8-15-12)4-3-7-20/h5-6,8-10,20H,7H2,1-2H3,(H,17,21). The molecule has 21 heavy (non-hydrogen) atoms. The van der Waals surface area contributed by atoms with E-state index in [2.05, 4.69) is 32.3 Å². The van der Waals surface area contributed by atoms with Crippen LogP contribution in [0, 0.1) is 11.8 Å². The van der Waals surface area contributed by atoms with E-state index in [0.29, 0.717) is 17.1 Å². The van der Waals surface area contributed by atoms with Crippen molar-refractivity contribution in [3.05, 3.63) is 41.7 Å². The highest BCUT2D eigenvalue weighted by Gasteiger charge is 2.15. The number of rotatable bonds is 3. The first kappa shape index (κ1) is 14.7. The van der Waals surface area contributed by atoms with Crippen LogP contribution in [0.25, 0.3) is 0 Å². The molecular weight excluding hydrogens is 270 g/mol. The third kappa shape index (κ3) is 3.64. The van der Waals surface area contributed by atoms with Crippen molar-refractivity contribution in [1.29, 1.82) is 0 Å². The van der Waals surface area contributed by atoms with Crippen LogP contribution in [0.15, 0.2) is 24.7 Å². The summed E-state index contributed by atoms with van der Waals surface area (Å²) in [5, 5.41) is 19.1. The van der Waals surface area contributed by atoms with Gasteiger partial charge in [-0.2, -0.15) is 0 Å². The van der Waals surface area contributed by atoms with Crippen LogP contribution in [0.5, 0.6) is 0 Å². The number of aryl methyl sites for hydroxylation is 1. The molecule has 1 unspecified atom stereocenters. The summed E-state index contributed by atoms with van der Waals surface area (Å²) in [6, 6.07) is 2.98. The second kappa shape index (κ2) is 6.63. The molecule has 2 heterocycles. The summed E-state index contributed by atoms with van der Waals surface area (Å²) in [7, 11) is 1.81. The molecule has 0 radical (unpaired) electrons. The van der Waals surface area contributed by atoms with Crippen LogP contribution in [0.2, 0.25) is 0 Å². The molecule has 0 aromatic carbocycles. The summed E-state index contributed by atoms with van der Waals surface area (Å²) in [6.45, 7) is 1.61. The maximum Gasteiger partial charge on any atom is 0.270 e. The van der Waals surface area contributed by atoms with E-state index in [-0.39, 0.29) is 18.6 Å². The van der Waals surface area contributed by atoms with Crippen LogP contribution in [0.4, 0.5) is 0 Å². The van der Waals surface area contributed by atoms with E-state index < -0.39 is 0 Å². The van der Waals surface area contributed by atoms with E-state index in [1.54, 1.807) is 23.0 Å². The number of aliphatic hydroxyl groups is 1. The highest BCUT2D eigenvalue weighted by Crippen LogP contribution is 2.08. The number of aliphatic hydroxyl groups excluding tert-OH is 1. The highest BCUT2D eigenvalue weighted by molar-refractivity contribution is 5.92. The van der Waals surface area contributed by atoms with Crippen LogP contribution in [0.3, 0.4) is 0 Å². The first-order valence-corrected chi connectivity index (χ1v) is 6.32. The summed E-state index contributed by atoms with van der Waals surface area (Å²) in [4.78, 5) is 16.1. The van der Waals surface area contributed by atoms with Gasteiger partial charge in [0.2, 0.25) is 0 Å². The Morgan fingerprint density at radius 3 is 2.90 bits per heavy atom. The van der Waals surface area contributed by atoms with Crippen molar-refractivity contribution < 1.29 is 9.90 Å². The molecule has 2 aromatic heterocycles. The number of aromatic nitrogens is 4. The minimum Gasteiger partial charge on any atom is -0.384 e. The SMILES string of the molecule is CC(NC(=O)c1ccc(C#CCO)cn1)c1nncn1C. The molecule has 0 saturated carbocycles. The Morgan fingerprint density at radius 1 is 1.52 bits per heavy atom. The van der Waals surface area contributed by atoms with Gasteiger partial charge in [-0.3, -0.25) is 4.79 Å². The van der Waals surface area contributed by atoms with Crippen LogP contribution in [0.1, 0.15) is 34.8 Å². The number of amides is 1. The predicted molar refractivity (Wildman–Crippen MR) is 75.1 cm³/mol. The number of nitrogens with zero attached hydrogens (tertiary/aromatic N) is 4. The lowest BCUT2D eigenvalue weighted by molar-refractivity contribution is 0.0932. The van der Waals surface area contributed by atoms with E-state index in [0.717, 1.165) is 0 Å². The van der Waals surface area contributed by atoms with E-state index in [1.807, 2.05) is 14.0 Å². The van der Waals surface area contributed by atoms with Gasteiger partial charge in [0.1, 0.15) is 18.6 Å². The molecule has 2 rings (SSSR count). The highest BCUT2D eigenvalue weighted by atomic mass is 16.2. The predicted octanol–water partition coefficient (Wildman–Crippen LogP) is 0.0449. The number of hydrogen-bond acceptors (Lipinski definition) is 5. The molecule has 7 heteroatoms. The summed E-state index contributed by atoms with van der Waals surface area (Å²) in [5.74, 6) is 5.59. The third-order valence-electron chi connectivity index (χ3n) is 2.79. The molecule has 0 spiro atoms. The van der Waals surface area contributed by atoms with Crippen LogP contribution >= 0.6 is 0 Å². The largest absolute Gasteiger partial charge is 0.384 e. The first-order valence-electron chi connectivity index (χ1n) is 6.32. The Kier molecular flexibility index (Phi) is 4.64. The van der Waals surface area contributed by atoms with Gasteiger partial charge in [0.15, 0.2) is 5.82 Å². The van der Waals surface area contributed by atoms with Crippen molar-refractivity contribution in [3.63, 3.8) is 0 Å². The Hall–Kier alpha value is -2.72. The lowest BCUT2D eigenvalue weighted by Gasteiger charge is -2.12. The number of pyridine rings is 1. The van der Waals surface area contributed by atoms with Gasteiger partial charge in [-0.15, -0.1) is 10.2 Å². The lowest BCUT2D eigenvalue weighted by Crippen LogP contribution is -2.29. The molecule has 0 aliphatic rings. The number of carbonyl (C=O) groups excluding carboxylic acids is 1. The summed E-state index contributed by atoms with van der Waals surface area (Å²) >= 11 is 0. The Balaban J connectivity index is 2.05. The number of nitrogens with one attached hydrogen (secondary N) is 1. The average Bonchev–Trinajstić information content (AvgIpc) is 2.91. The van der Waals surface area contributed by atoms with Gasteiger partial charge in [0, 0.05) is 18.8 Å². The molecule has 0 fully saturated rings.